The van der Waals surface area contributed by atoms with E-state index in [0.29, 0.717) is 17.7 Å². The van der Waals surface area contributed by atoms with Gasteiger partial charge in [-0.25, -0.2) is 4.39 Å². The van der Waals surface area contributed by atoms with Crippen LogP contribution in [-0.4, -0.2) is 55.4 Å². The average Bonchev–Trinajstić information content (AvgIpc) is 2.96. The topological polar surface area (TPSA) is 44.5 Å². The zero-order valence-electron chi connectivity index (χ0n) is 12.8. The van der Waals surface area contributed by atoms with Gasteiger partial charge in [0.15, 0.2) is 11.4 Å². The van der Waals surface area contributed by atoms with Gasteiger partial charge in [-0.05, 0) is 38.1 Å². The highest BCUT2D eigenvalue weighted by atomic mass is 19.1. The summed E-state index contributed by atoms with van der Waals surface area (Å²) >= 11 is 0. The second-order valence-electron chi connectivity index (χ2n) is 6.30. The van der Waals surface area contributed by atoms with Crippen LogP contribution in [0.3, 0.4) is 0 Å². The third-order valence-corrected chi connectivity index (χ3v) is 5.03. The molecule has 0 saturated carbocycles. The summed E-state index contributed by atoms with van der Waals surface area (Å²) in [6.07, 6.45) is 2.39. The molecule has 3 heterocycles. The largest absolute Gasteiger partial charge is 0.354 e. The molecule has 1 aromatic carbocycles. The van der Waals surface area contributed by atoms with Gasteiger partial charge in [0.05, 0.1) is 5.39 Å². The van der Waals surface area contributed by atoms with Gasteiger partial charge in [-0.3, -0.25) is 4.90 Å². The predicted octanol–water partition coefficient (Wildman–Crippen LogP) is 1.84. The Morgan fingerprint density at radius 1 is 1.27 bits per heavy atom. The molecule has 2 aliphatic rings. The maximum Gasteiger partial charge on any atom is 0.180 e. The van der Waals surface area contributed by atoms with Crippen molar-refractivity contribution >= 4 is 16.8 Å². The normalized spacial score (nSPS) is 26.4. The van der Waals surface area contributed by atoms with Crippen LogP contribution in [0.4, 0.5) is 10.2 Å². The molecule has 2 unspecified atom stereocenters. The van der Waals surface area contributed by atoms with E-state index in [1.54, 1.807) is 6.07 Å². The van der Waals surface area contributed by atoms with Crippen LogP contribution in [0.5, 0.6) is 0 Å². The maximum atomic E-state index is 13.5. The molecule has 6 heteroatoms. The van der Waals surface area contributed by atoms with E-state index in [0.717, 1.165) is 37.4 Å². The van der Waals surface area contributed by atoms with E-state index in [1.807, 2.05) is 7.05 Å². The molecule has 2 atom stereocenters. The van der Waals surface area contributed by atoms with Crippen molar-refractivity contribution in [1.29, 1.82) is 0 Å². The monoisotopic (exact) mass is 304 g/mol. The lowest BCUT2D eigenvalue weighted by Gasteiger charge is -2.46. The SMILES string of the molecule is CNC1CCC2CN(c3noc4ccc(F)cc34)CCN2C1. The van der Waals surface area contributed by atoms with Crippen molar-refractivity contribution in [3.05, 3.63) is 24.0 Å². The Kier molecular flexibility index (Phi) is 3.50. The van der Waals surface area contributed by atoms with E-state index in [4.69, 9.17) is 4.52 Å². The number of likely N-dealkylation sites (N-methyl/N-ethyl adjacent to an activating group) is 1. The Labute approximate surface area is 129 Å². The number of hydrogen-bond acceptors (Lipinski definition) is 5. The summed E-state index contributed by atoms with van der Waals surface area (Å²) in [6.45, 7) is 3.98. The molecule has 2 saturated heterocycles. The molecule has 22 heavy (non-hydrogen) atoms. The Morgan fingerprint density at radius 3 is 3.05 bits per heavy atom. The van der Waals surface area contributed by atoms with Gasteiger partial charge >= 0.3 is 0 Å². The number of piperidine rings is 1. The minimum atomic E-state index is -0.245. The number of piperazine rings is 1. The van der Waals surface area contributed by atoms with Crippen molar-refractivity contribution in [2.45, 2.75) is 24.9 Å². The van der Waals surface area contributed by atoms with E-state index >= 15 is 0 Å². The van der Waals surface area contributed by atoms with Crippen LogP contribution < -0.4 is 10.2 Å². The van der Waals surface area contributed by atoms with Gasteiger partial charge in [0.2, 0.25) is 0 Å². The minimum Gasteiger partial charge on any atom is -0.354 e. The Morgan fingerprint density at radius 2 is 2.18 bits per heavy atom. The molecule has 0 aliphatic carbocycles. The molecule has 1 N–H and O–H groups in total. The summed E-state index contributed by atoms with van der Waals surface area (Å²) in [6, 6.07) is 5.73. The molecule has 2 fully saturated rings. The molecule has 2 aromatic rings. The molecule has 2 aliphatic heterocycles. The van der Waals surface area contributed by atoms with E-state index in [9.17, 15) is 4.39 Å². The number of benzene rings is 1. The van der Waals surface area contributed by atoms with Crippen molar-refractivity contribution in [2.24, 2.45) is 0 Å². The number of aromatic nitrogens is 1. The number of fused-ring (bicyclic) bond motifs is 2. The summed E-state index contributed by atoms with van der Waals surface area (Å²) in [5, 5.41) is 8.34. The molecule has 0 spiro atoms. The van der Waals surface area contributed by atoms with Crippen LogP contribution in [0.2, 0.25) is 0 Å². The standard InChI is InChI=1S/C16H21FN4O/c1-18-12-3-4-13-10-21(7-6-20(13)9-12)16-14-8-11(17)2-5-15(14)22-19-16/h2,5,8,12-13,18H,3-4,6-7,9-10H2,1H3. The van der Waals surface area contributed by atoms with E-state index in [1.165, 1.54) is 25.0 Å². The second-order valence-corrected chi connectivity index (χ2v) is 6.30. The first-order chi connectivity index (χ1) is 10.7. The summed E-state index contributed by atoms with van der Waals surface area (Å²) in [5.41, 5.74) is 0.651. The summed E-state index contributed by atoms with van der Waals surface area (Å²) in [5.74, 6) is 0.537. The first-order valence-electron chi connectivity index (χ1n) is 7.96. The average molecular weight is 304 g/mol. The lowest BCUT2D eigenvalue weighted by Crippen LogP contribution is -2.59. The van der Waals surface area contributed by atoms with Crippen LogP contribution in [-0.2, 0) is 0 Å². The van der Waals surface area contributed by atoms with Crippen LogP contribution >= 0.6 is 0 Å². The molecule has 1 aromatic heterocycles. The van der Waals surface area contributed by atoms with Gasteiger partial charge in [0, 0.05) is 38.3 Å². The van der Waals surface area contributed by atoms with Crippen molar-refractivity contribution in [3.8, 4) is 0 Å². The van der Waals surface area contributed by atoms with Crippen LogP contribution in [0, 0.1) is 5.82 Å². The highest BCUT2D eigenvalue weighted by Gasteiger charge is 2.33. The maximum absolute atomic E-state index is 13.5. The van der Waals surface area contributed by atoms with Crippen molar-refractivity contribution in [1.82, 2.24) is 15.4 Å². The zero-order chi connectivity index (χ0) is 15.1. The molecule has 4 rings (SSSR count). The highest BCUT2D eigenvalue weighted by molar-refractivity contribution is 5.88. The van der Waals surface area contributed by atoms with Gasteiger partial charge < -0.3 is 14.7 Å². The Bertz CT molecular complexity index is 673. The lowest BCUT2D eigenvalue weighted by molar-refractivity contribution is 0.111. The van der Waals surface area contributed by atoms with E-state index in [2.05, 4.69) is 20.3 Å². The number of nitrogens with one attached hydrogen (secondary N) is 1. The first kappa shape index (κ1) is 14.0. The third-order valence-electron chi connectivity index (χ3n) is 5.03. The molecule has 5 nitrogen and oxygen atoms in total. The molecular weight excluding hydrogens is 283 g/mol. The minimum absolute atomic E-state index is 0.245. The third kappa shape index (κ3) is 2.36. The number of rotatable bonds is 2. The fourth-order valence-electron chi connectivity index (χ4n) is 3.73. The number of halogens is 1. The van der Waals surface area contributed by atoms with E-state index in [-0.39, 0.29) is 5.82 Å². The number of hydrogen-bond donors (Lipinski definition) is 1. The van der Waals surface area contributed by atoms with Gasteiger partial charge in [-0.15, -0.1) is 0 Å². The van der Waals surface area contributed by atoms with Crippen LogP contribution in [0.1, 0.15) is 12.8 Å². The zero-order valence-corrected chi connectivity index (χ0v) is 12.8. The van der Waals surface area contributed by atoms with Gasteiger partial charge in [0.1, 0.15) is 5.82 Å². The smallest absolute Gasteiger partial charge is 0.180 e. The van der Waals surface area contributed by atoms with Crippen LogP contribution in [0.25, 0.3) is 11.0 Å². The Hall–Kier alpha value is -1.66. The first-order valence-corrected chi connectivity index (χ1v) is 7.96. The van der Waals surface area contributed by atoms with Gasteiger partial charge in [-0.1, -0.05) is 5.16 Å². The van der Waals surface area contributed by atoms with Crippen molar-refractivity contribution < 1.29 is 8.91 Å². The van der Waals surface area contributed by atoms with Crippen LogP contribution in [0.15, 0.2) is 22.7 Å². The van der Waals surface area contributed by atoms with Gasteiger partial charge in [0.25, 0.3) is 0 Å². The van der Waals surface area contributed by atoms with Crippen molar-refractivity contribution in [2.75, 3.05) is 38.1 Å². The highest BCUT2D eigenvalue weighted by Crippen LogP contribution is 2.30. The van der Waals surface area contributed by atoms with Gasteiger partial charge in [-0.2, -0.15) is 0 Å². The number of nitrogens with zero attached hydrogens (tertiary/aromatic N) is 3. The molecular formula is C16H21FN4O. The second kappa shape index (κ2) is 5.52. The number of anilines is 1. The quantitative estimate of drug-likeness (QED) is 0.917. The van der Waals surface area contributed by atoms with E-state index < -0.39 is 0 Å². The summed E-state index contributed by atoms with van der Waals surface area (Å²) in [4.78, 5) is 4.80. The molecule has 118 valence electrons. The fourth-order valence-corrected chi connectivity index (χ4v) is 3.73. The predicted molar refractivity (Wildman–Crippen MR) is 83.6 cm³/mol. The molecule has 0 amide bonds. The molecule has 0 radical (unpaired) electrons. The molecule has 0 bridgehead atoms. The summed E-state index contributed by atoms with van der Waals surface area (Å²) in [7, 11) is 2.04. The lowest BCUT2D eigenvalue weighted by atomic mass is 9.96. The summed E-state index contributed by atoms with van der Waals surface area (Å²) < 4.78 is 18.9. The fraction of sp³-hybridized carbons (Fsp3) is 0.562. The Balaban J connectivity index is 1.56. The van der Waals surface area contributed by atoms with Crippen molar-refractivity contribution in [3.63, 3.8) is 0 Å².